The molecule has 0 unspecified atom stereocenters. The monoisotopic (exact) mass is 199 g/mol. The number of aliphatic hydroxyl groups is 1. The molecule has 0 spiro atoms. The van der Waals surface area contributed by atoms with Gasteiger partial charge in [-0.05, 0) is 46.2 Å². The van der Waals surface area contributed by atoms with Crippen LogP contribution in [-0.2, 0) is 0 Å². The van der Waals surface area contributed by atoms with Crippen LogP contribution in [0.15, 0.2) is 0 Å². The van der Waals surface area contributed by atoms with Gasteiger partial charge in [0.1, 0.15) is 0 Å². The van der Waals surface area contributed by atoms with Crippen molar-refractivity contribution in [1.29, 1.82) is 0 Å². The minimum atomic E-state index is -0.358. The largest absolute Gasteiger partial charge is 0.390 e. The summed E-state index contributed by atoms with van der Waals surface area (Å²) in [4.78, 5) is 2.26. The van der Waals surface area contributed by atoms with Crippen LogP contribution in [-0.4, -0.2) is 35.7 Å². The molecule has 1 aliphatic rings. The summed E-state index contributed by atoms with van der Waals surface area (Å²) in [7, 11) is 4.24. The van der Waals surface area contributed by atoms with E-state index in [0.717, 1.165) is 25.7 Å². The Bertz CT molecular complexity index is 170. The molecule has 84 valence electrons. The molecular formula is C12H25NO. The molecular weight excluding hydrogens is 174 g/mol. The van der Waals surface area contributed by atoms with Crippen molar-refractivity contribution in [2.24, 2.45) is 0 Å². The summed E-state index contributed by atoms with van der Waals surface area (Å²) in [5.74, 6) is 0. The Hall–Kier alpha value is -0.0800. The zero-order chi connectivity index (χ0) is 10.6. The lowest BCUT2D eigenvalue weighted by Gasteiger charge is -2.39. The Kier molecular flexibility index (Phi) is 4.39. The van der Waals surface area contributed by atoms with Crippen LogP contribution in [0.5, 0.6) is 0 Å². The lowest BCUT2D eigenvalue weighted by atomic mass is 9.78. The number of hydrogen-bond donors (Lipinski definition) is 1. The van der Waals surface area contributed by atoms with Gasteiger partial charge in [0, 0.05) is 6.04 Å². The smallest absolute Gasteiger partial charge is 0.0662 e. The summed E-state index contributed by atoms with van der Waals surface area (Å²) in [5.41, 5.74) is -0.358. The van der Waals surface area contributed by atoms with Crippen molar-refractivity contribution in [2.45, 2.75) is 63.5 Å². The molecule has 2 nitrogen and oxygen atoms in total. The molecule has 1 aliphatic carbocycles. The normalized spacial score (nSPS) is 33.6. The van der Waals surface area contributed by atoms with Crippen molar-refractivity contribution in [1.82, 2.24) is 4.90 Å². The van der Waals surface area contributed by atoms with Gasteiger partial charge in [-0.3, -0.25) is 0 Å². The fourth-order valence-corrected chi connectivity index (χ4v) is 2.48. The summed E-state index contributed by atoms with van der Waals surface area (Å²) in [6.07, 6.45) is 7.77. The van der Waals surface area contributed by atoms with E-state index in [-0.39, 0.29) is 5.60 Å². The van der Waals surface area contributed by atoms with E-state index >= 15 is 0 Å². The van der Waals surface area contributed by atoms with E-state index < -0.39 is 0 Å². The fourth-order valence-electron chi connectivity index (χ4n) is 2.48. The van der Waals surface area contributed by atoms with Crippen molar-refractivity contribution in [2.75, 3.05) is 14.1 Å². The number of rotatable bonds is 4. The van der Waals surface area contributed by atoms with Gasteiger partial charge in [-0.2, -0.15) is 0 Å². The van der Waals surface area contributed by atoms with Crippen LogP contribution in [0.3, 0.4) is 0 Å². The maximum absolute atomic E-state index is 10.4. The zero-order valence-corrected chi connectivity index (χ0v) is 9.92. The van der Waals surface area contributed by atoms with Crippen molar-refractivity contribution in [3.8, 4) is 0 Å². The third-order valence-electron chi connectivity index (χ3n) is 3.52. The molecule has 0 aromatic heterocycles. The maximum Gasteiger partial charge on any atom is 0.0662 e. The molecule has 0 radical (unpaired) electrons. The van der Waals surface area contributed by atoms with Crippen molar-refractivity contribution in [3.05, 3.63) is 0 Å². The van der Waals surface area contributed by atoms with Crippen LogP contribution >= 0.6 is 0 Å². The molecule has 2 heteroatoms. The van der Waals surface area contributed by atoms with E-state index in [1.165, 1.54) is 19.3 Å². The molecule has 0 aliphatic heterocycles. The van der Waals surface area contributed by atoms with Crippen LogP contribution < -0.4 is 0 Å². The van der Waals surface area contributed by atoms with Gasteiger partial charge in [0.05, 0.1) is 5.60 Å². The minimum absolute atomic E-state index is 0.358. The van der Waals surface area contributed by atoms with E-state index in [0.29, 0.717) is 6.04 Å². The minimum Gasteiger partial charge on any atom is -0.390 e. The fraction of sp³-hybridized carbons (Fsp3) is 1.00. The molecule has 0 heterocycles. The highest BCUT2D eigenvalue weighted by molar-refractivity contribution is 4.89. The summed E-state index contributed by atoms with van der Waals surface area (Å²) in [6, 6.07) is 0.589. The average Bonchev–Trinajstić information content (AvgIpc) is 2.15. The lowest BCUT2D eigenvalue weighted by molar-refractivity contribution is -0.0308. The second kappa shape index (κ2) is 5.13. The molecule has 0 amide bonds. The summed E-state index contributed by atoms with van der Waals surface area (Å²) in [6.45, 7) is 2.19. The van der Waals surface area contributed by atoms with E-state index in [9.17, 15) is 5.11 Å². The van der Waals surface area contributed by atoms with Gasteiger partial charge in [-0.1, -0.05) is 19.8 Å². The van der Waals surface area contributed by atoms with Gasteiger partial charge in [0.2, 0.25) is 0 Å². The average molecular weight is 199 g/mol. The van der Waals surface area contributed by atoms with Gasteiger partial charge in [-0.25, -0.2) is 0 Å². The highest BCUT2D eigenvalue weighted by Gasteiger charge is 2.34. The Morgan fingerprint density at radius 2 is 2.14 bits per heavy atom. The Morgan fingerprint density at radius 3 is 2.71 bits per heavy atom. The first-order valence-corrected chi connectivity index (χ1v) is 5.96. The Balaban J connectivity index is 2.44. The predicted molar refractivity (Wildman–Crippen MR) is 60.4 cm³/mol. The molecule has 2 atom stereocenters. The molecule has 1 rings (SSSR count). The second-order valence-electron chi connectivity index (χ2n) is 5.04. The molecule has 1 saturated carbocycles. The molecule has 1 fully saturated rings. The molecule has 14 heavy (non-hydrogen) atoms. The van der Waals surface area contributed by atoms with Gasteiger partial charge in [-0.15, -0.1) is 0 Å². The van der Waals surface area contributed by atoms with Gasteiger partial charge < -0.3 is 10.0 Å². The molecule has 0 saturated heterocycles. The first-order valence-electron chi connectivity index (χ1n) is 5.96. The van der Waals surface area contributed by atoms with Crippen molar-refractivity contribution in [3.63, 3.8) is 0 Å². The molecule has 0 aromatic carbocycles. The Labute approximate surface area is 88.3 Å². The first kappa shape index (κ1) is 12.0. The quantitative estimate of drug-likeness (QED) is 0.751. The molecule has 1 N–H and O–H groups in total. The zero-order valence-electron chi connectivity index (χ0n) is 9.92. The van der Waals surface area contributed by atoms with Crippen molar-refractivity contribution >= 4 is 0 Å². The third kappa shape index (κ3) is 3.25. The number of unbranched alkanes of at least 4 members (excludes halogenated alkanes) is 1. The lowest BCUT2D eigenvalue weighted by Crippen LogP contribution is -2.43. The standard InChI is InChI=1S/C12H25NO/c1-4-5-8-12(14)9-6-7-11(10-12)13(2)3/h11,14H,4-10H2,1-3H3/t11-,12-/m0/s1. The van der Waals surface area contributed by atoms with Gasteiger partial charge >= 0.3 is 0 Å². The van der Waals surface area contributed by atoms with Crippen LogP contribution in [0.25, 0.3) is 0 Å². The van der Waals surface area contributed by atoms with Crippen molar-refractivity contribution < 1.29 is 5.11 Å². The van der Waals surface area contributed by atoms with E-state index in [1.54, 1.807) is 0 Å². The Morgan fingerprint density at radius 1 is 1.43 bits per heavy atom. The van der Waals surface area contributed by atoms with Gasteiger partial charge in [0.25, 0.3) is 0 Å². The summed E-state index contributed by atoms with van der Waals surface area (Å²) < 4.78 is 0. The highest BCUT2D eigenvalue weighted by atomic mass is 16.3. The van der Waals surface area contributed by atoms with E-state index in [1.807, 2.05) is 0 Å². The second-order valence-corrected chi connectivity index (χ2v) is 5.04. The van der Waals surface area contributed by atoms with Crippen LogP contribution in [0.1, 0.15) is 51.9 Å². The van der Waals surface area contributed by atoms with E-state index in [2.05, 4.69) is 25.9 Å². The number of hydrogen-bond acceptors (Lipinski definition) is 2. The SMILES string of the molecule is CCCC[C@]1(O)CCC[C@H](N(C)C)C1. The van der Waals surface area contributed by atoms with Crippen LogP contribution in [0, 0.1) is 0 Å². The number of nitrogens with zero attached hydrogens (tertiary/aromatic N) is 1. The topological polar surface area (TPSA) is 23.5 Å². The summed E-state index contributed by atoms with van der Waals surface area (Å²) in [5, 5.41) is 10.4. The first-order chi connectivity index (χ1) is 6.57. The molecule has 0 bridgehead atoms. The van der Waals surface area contributed by atoms with Gasteiger partial charge in [0.15, 0.2) is 0 Å². The van der Waals surface area contributed by atoms with E-state index in [4.69, 9.17) is 0 Å². The predicted octanol–water partition coefficient (Wildman–Crippen LogP) is 2.41. The summed E-state index contributed by atoms with van der Waals surface area (Å²) >= 11 is 0. The highest BCUT2D eigenvalue weighted by Crippen LogP contribution is 2.33. The van der Waals surface area contributed by atoms with Crippen LogP contribution in [0.4, 0.5) is 0 Å². The molecule has 0 aromatic rings. The van der Waals surface area contributed by atoms with Crippen LogP contribution in [0.2, 0.25) is 0 Å². The third-order valence-corrected chi connectivity index (χ3v) is 3.52. The maximum atomic E-state index is 10.4.